The van der Waals surface area contributed by atoms with Gasteiger partial charge in [0.15, 0.2) is 0 Å². The van der Waals surface area contributed by atoms with Gasteiger partial charge in [-0.3, -0.25) is 0 Å². The number of alkyl halides is 2. The third kappa shape index (κ3) is 5.27. The first-order valence-electron chi connectivity index (χ1n) is 10.3. The van der Waals surface area contributed by atoms with Gasteiger partial charge in [-0.2, -0.15) is 8.78 Å². The molecule has 0 spiro atoms. The minimum absolute atomic E-state index is 0.00707. The van der Waals surface area contributed by atoms with Crippen molar-refractivity contribution in [2.24, 2.45) is 16.2 Å². The molecule has 0 amide bonds. The van der Waals surface area contributed by atoms with Crippen molar-refractivity contribution in [3.05, 3.63) is 94.8 Å². The van der Waals surface area contributed by atoms with Gasteiger partial charge < -0.3 is 14.9 Å². The molecule has 0 aromatic rings. The fourth-order valence-corrected chi connectivity index (χ4v) is 4.05. The number of fused-ring (bicyclic) bond motifs is 1. The lowest BCUT2D eigenvalue weighted by molar-refractivity contribution is -0.177. The second-order valence-electron chi connectivity index (χ2n) is 10.1. The van der Waals surface area contributed by atoms with Crippen molar-refractivity contribution in [2.75, 3.05) is 0 Å². The molecule has 0 aromatic carbocycles. The number of aliphatic hydroxyl groups is 2. The molecule has 3 aliphatic rings. The summed E-state index contributed by atoms with van der Waals surface area (Å²) >= 11 is 0. The molecule has 0 heterocycles. The predicted octanol–water partition coefficient (Wildman–Crippen LogP) is 7.37. The van der Waals surface area contributed by atoms with Crippen molar-refractivity contribution in [2.45, 2.75) is 47.7 Å². The normalized spacial score (nSPS) is 24.1. The van der Waals surface area contributed by atoms with E-state index in [9.17, 15) is 10.2 Å². The van der Waals surface area contributed by atoms with E-state index in [1.807, 2.05) is 33.8 Å². The maximum atomic E-state index is 15.3. The molecule has 0 unspecified atom stereocenters. The van der Waals surface area contributed by atoms with Crippen LogP contribution < -0.4 is 0 Å². The Labute approximate surface area is 182 Å². The number of halogens is 2. The Kier molecular flexibility index (Phi) is 5.45. The van der Waals surface area contributed by atoms with E-state index in [1.54, 1.807) is 44.2 Å². The van der Waals surface area contributed by atoms with E-state index in [0.29, 0.717) is 5.57 Å². The Morgan fingerprint density at radius 1 is 0.742 bits per heavy atom. The van der Waals surface area contributed by atoms with Crippen LogP contribution in [0.3, 0.4) is 0 Å². The first-order chi connectivity index (χ1) is 14.1. The van der Waals surface area contributed by atoms with Crippen LogP contribution in [-0.4, -0.2) is 16.3 Å². The summed E-state index contributed by atoms with van der Waals surface area (Å²) in [6.45, 7) is 11.2. The number of ether oxygens (including phenoxy) is 1. The molecule has 5 heteroatoms. The van der Waals surface area contributed by atoms with Gasteiger partial charge in [0.25, 0.3) is 0 Å². The van der Waals surface area contributed by atoms with E-state index < -0.39 is 22.4 Å². The summed E-state index contributed by atoms with van der Waals surface area (Å²) in [4.78, 5) is 0. The summed E-state index contributed by atoms with van der Waals surface area (Å²) in [5, 5.41) is 20.1. The molecule has 0 saturated carbocycles. The lowest BCUT2D eigenvalue weighted by atomic mass is 9.76. The molecule has 31 heavy (non-hydrogen) atoms. The summed E-state index contributed by atoms with van der Waals surface area (Å²) in [5.41, 5.74) is -0.568. The molecule has 0 bridgehead atoms. The number of hydrogen-bond donors (Lipinski definition) is 2. The smallest absolute Gasteiger partial charge is 0.426 e. The third-order valence-electron chi connectivity index (χ3n) is 5.34. The highest BCUT2D eigenvalue weighted by molar-refractivity contribution is 5.55. The molecular formula is C26H30F2O3. The van der Waals surface area contributed by atoms with Gasteiger partial charge in [-0.15, -0.1) is 0 Å². The summed E-state index contributed by atoms with van der Waals surface area (Å²) in [6, 6.07) is 0. The second-order valence-corrected chi connectivity index (χ2v) is 10.1. The summed E-state index contributed by atoms with van der Waals surface area (Å²) in [5.74, 6) is 0.0647. The largest absolute Gasteiger partial charge is 0.508 e. The molecule has 0 radical (unpaired) electrons. The first-order valence-corrected chi connectivity index (χ1v) is 10.3. The highest BCUT2D eigenvalue weighted by Crippen LogP contribution is 2.45. The van der Waals surface area contributed by atoms with Crippen molar-refractivity contribution >= 4 is 0 Å². The van der Waals surface area contributed by atoms with Crippen LogP contribution in [0.25, 0.3) is 0 Å². The van der Waals surface area contributed by atoms with Crippen LogP contribution in [0.4, 0.5) is 8.78 Å². The SMILES string of the molecule is CC1(C)C=C(O)C=CC(OC(F)(F)C2=CC(C)(C)C3=CC(C)(C)C=C(O)C=C3C=C2)=C1. The van der Waals surface area contributed by atoms with Crippen molar-refractivity contribution < 1.29 is 23.7 Å². The minimum atomic E-state index is -3.60. The van der Waals surface area contributed by atoms with E-state index in [2.05, 4.69) is 0 Å². The predicted molar refractivity (Wildman–Crippen MR) is 119 cm³/mol. The minimum Gasteiger partial charge on any atom is -0.508 e. The van der Waals surface area contributed by atoms with E-state index >= 15 is 8.78 Å². The van der Waals surface area contributed by atoms with Crippen LogP contribution in [0.1, 0.15) is 41.5 Å². The van der Waals surface area contributed by atoms with Gasteiger partial charge >= 0.3 is 6.11 Å². The second kappa shape index (κ2) is 7.40. The molecule has 0 aliphatic heterocycles. The standard InChI is InChI=1S/C26H30F2O3/c1-23(2)13-19(29)9-10-21(15-23)31-26(27,28)18-8-7-17-11-20(30)14-24(3,4)16-22(17)25(5,6)12-18/h7-16,29-30H,1-6H3. The molecule has 0 saturated heterocycles. The summed E-state index contributed by atoms with van der Waals surface area (Å²) < 4.78 is 35.7. The lowest BCUT2D eigenvalue weighted by Crippen LogP contribution is -2.25. The fraction of sp³-hybridized carbons (Fsp3) is 0.385. The van der Waals surface area contributed by atoms with Crippen molar-refractivity contribution in [1.29, 1.82) is 0 Å². The molecule has 3 aliphatic carbocycles. The Morgan fingerprint density at radius 2 is 1.35 bits per heavy atom. The third-order valence-corrected chi connectivity index (χ3v) is 5.34. The van der Waals surface area contributed by atoms with Gasteiger partial charge in [-0.05, 0) is 53.7 Å². The zero-order chi connectivity index (χ0) is 23.2. The van der Waals surface area contributed by atoms with Crippen molar-refractivity contribution in [1.82, 2.24) is 0 Å². The van der Waals surface area contributed by atoms with Gasteiger partial charge in [0.1, 0.15) is 17.3 Å². The number of aliphatic hydroxyl groups excluding tert-OH is 2. The van der Waals surface area contributed by atoms with Crippen LogP contribution in [0.2, 0.25) is 0 Å². The van der Waals surface area contributed by atoms with Crippen LogP contribution >= 0.6 is 0 Å². The van der Waals surface area contributed by atoms with Crippen molar-refractivity contribution in [3.8, 4) is 0 Å². The summed E-state index contributed by atoms with van der Waals surface area (Å²) in [7, 11) is 0. The van der Waals surface area contributed by atoms with Crippen LogP contribution in [0.5, 0.6) is 0 Å². The van der Waals surface area contributed by atoms with Gasteiger partial charge in [-0.1, -0.05) is 59.8 Å². The molecule has 0 fully saturated rings. The monoisotopic (exact) mass is 428 g/mol. The Hall–Kier alpha value is -2.82. The quantitative estimate of drug-likeness (QED) is 0.493. The highest BCUT2D eigenvalue weighted by Gasteiger charge is 2.40. The Bertz CT molecular complexity index is 1020. The van der Waals surface area contributed by atoms with Crippen LogP contribution in [0.15, 0.2) is 94.8 Å². The zero-order valence-corrected chi connectivity index (χ0v) is 18.8. The van der Waals surface area contributed by atoms with E-state index in [4.69, 9.17) is 4.74 Å². The van der Waals surface area contributed by atoms with Gasteiger partial charge in [0, 0.05) is 16.2 Å². The molecule has 0 aromatic heterocycles. The molecule has 2 N–H and O–H groups in total. The summed E-state index contributed by atoms with van der Waals surface area (Å²) in [6.07, 6.45) is 12.0. The van der Waals surface area contributed by atoms with Crippen molar-refractivity contribution in [3.63, 3.8) is 0 Å². The highest BCUT2D eigenvalue weighted by atomic mass is 19.3. The molecule has 3 rings (SSSR count). The van der Waals surface area contributed by atoms with Crippen LogP contribution in [-0.2, 0) is 4.74 Å². The van der Waals surface area contributed by atoms with E-state index in [1.165, 1.54) is 24.3 Å². The molecular weight excluding hydrogens is 398 g/mol. The molecule has 3 nitrogen and oxygen atoms in total. The van der Waals surface area contributed by atoms with E-state index in [-0.39, 0.29) is 22.9 Å². The number of rotatable bonds is 3. The average molecular weight is 429 g/mol. The first kappa shape index (κ1) is 22.9. The molecule has 0 atom stereocenters. The maximum Gasteiger partial charge on any atom is 0.426 e. The number of hydrogen-bond acceptors (Lipinski definition) is 3. The van der Waals surface area contributed by atoms with Gasteiger partial charge in [0.05, 0.1) is 5.57 Å². The maximum absolute atomic E-state index is 15.3. The molecule has 166 valence electrons. The number of allylic oxidation sites excluding steroid dienone is 11. The topological polar surface area (TPSA) is 49.7 Å². The van der Waals surface area contributed by atoms with Gasteiger partial charge in [0.2, 0.25) is 0 Å². The Morgan fingerprint density at radius 3 is 2.03 bits per heavy atom. The van der Waals surface area contributed by atoms with E-state index in [0.717, 1.165) is 5.57 Å². The lowest BCUT2D eigenvalue weighted by Gasteiger charge is -2.28. The zero-order valence-electron chi connectivity index (χ0n) is 18.8. The average Bonchev–Trinajstić information content (AvgIpc) is 2.83. The van der Waals surface area contributed by atoms with Gasteiger partial charge in [-0.25, -0.2) is 0 Å². The van der Waals surface area contributed by atoms with Crippen LogP contribution in [0, 0.1) is 16.2 Å². The fourth-order valence-electron chi connectivity index (χ4n) is 4.05. The Balaban J connectivity index is 2.02.